The van der Waals surface area contributed by atoms with Crippen molar-refractivity contribution in [3.05, 3.63) is 28.2 Å². The van der Waals surface area contributed by atoms with Gasteiger partial charge >= 0.3 is 5.97 Å². The Hall–Kier alpha value is -1.46. The summed E-state index contributed by atoms with van der Waals surface area (Å²) in [5.41, 5.74) is 0. The minimum atomic E-state index is -0.894. The van der Waals surface area contributed by atoms with E-state index in [1.165, 1.54) is 19.9 Å². The van der Waals surface area contributed by atoms with Gasteiger partial charge in [-0.1, -0.05) is 23.2 Å². The smallest absolute Gasteiger partial charge is 0.347 e. The van der Waals surface area contributed by atoms with E-state index in [0.717, 1.165) is 12.8 Å². The fourth-order valence-corrected chi connectivity index (χ4v) is 2.13. The van der Waals surface area contributed by atoms with Crippen LogP contribution in [0.25, 0.3) is 0 Å². The molecule has 0 saturated heterocycles. The summed E-state index contributed by atoms with van der Waals surface area (Å²) in [6, 6.07) is 4.90. The van der Waals surface area contributed by atoms with Crippen molar-refractivity contribution in [2.75, 3.05) is 0 Å². The predicted octanol–water partition coefficient (Wildman–Crippen LogP) is 2.97. The van der Waals surface area contributed by atoms with E-state index in [4.69, 9.17) is 32.7 Å². The molecule has 0 heterocycles. The van der Waals surface area contributed by atoms with Crippen LogP contribution in [0.2, 0.25) is 10.0 Å². The first-order chi connectivity index (χ1) is 10.4. The van der Waals surface area contributed by atoms with Crippen LogP contribution in [0.1, 0.15) is 26.7 Å². The molecule has 1 saturated carbocycles. The lowest BCUT2D eigenvalue weighted by Gasteiger charge is -2.18. The number of carbonyl (C=O) groups is 2. The Bertz CT molecular complexity index is 575. The molecule has 0 aliphatic heterocycles. The maximum absolute atomic E-state index is 11.9. The molecule has 1 aromatic carbocycles. The Morgan fingerprint density at radius 3 is 2.50 bits per heavy atom. The average molecular weight is 346 g/mol. The molecule has 0 aromatic heterocycles. The van der Waals surface area contributed by atoms with Gasteiger partial charge in [0.25, 0.3) is 5.91 Å². The van der Waals surface area contributed by atoms with Crippen molar-refractivity contribution in [1.82, 2.24) is 5.32 Å². The number of benzene rings is 1. The Balaban J connectivity index is 1.86. The van der Waals surface area contributed by atoms with Crippen molar-refractivity contribution in [1.29, 1.82) is 0 Å². The fraction of sp³-hybridized carbons (Fsp3) is 0.467. The zero-order valence-corrected chi connectivity index (χ0v) is 13.8. The largest absolute Gasteiger partial charge is 0.477 e. The zero-order chi connectivity index (χ0) is 16.3. The molecule has 0 bridgehead atoms. The third-order valence-electron chi connectivity index (χ3n) is 3.12. The third-order valence-corrected chi connectivity index (χ3v) is 3.65. The van der Waals surface area contributed by atoms with Gasteiger partial charge in [-0.2, -0.15) is 0 Å². The normalized spacial score (nSPS) is 16.5. The molecule has 5 nitrogen and oxygen atoms in total. The molecule has 0 spiro atoms. The Morgan fingerprint density at radius 1 is 1.23 bits per heavy atom. The van der Waals surface area contributed by atoms with Gasteiger partial charge in [-0.25, -0.2) is 4.79 Å². The monoisotopic (exact) mass is 345 g/mol. The topological polar surface area (TPSA) is 64.6 Å². The number of amides is 1. The van der Waals surface area contributed by atoms with Crippen LogP contribution in [0.3, 0.4) is 0 Å². The maximum Gasteiger partial charge on any atom is 0.347 e. The highest BCUT2D eigenvalue weighted by atomic mass is 35.5. The first-order valence-electron chi connectivity index (χ1n) is 6.99. The van der Waals surface area contributed by atoms with E-state index in [0.29, 0.717) is 15.8 Å². The average Bonchev–Trinajstić information content (AvgIpc) is 3.25. The van der Waals surface area contributed by atoms with Gasteiger partial charge in [0.2, 0.25) is 0 Å². The summed E-state index contributed by atoms with van der Waals surface area (Å²) >= 11 is 11.8. The number of carbonyl (C=O) groups excluding carboxylic acids is 2. The van der Waals surface area contributed by atoms with Crippen molar-refractivity contribution in [2.24, 2.45) is 0 Å². The van der Waals surface area contributed by atoms with E-state index in [1.54, 1.807) is 12.1 Å². The molecule has 1 aliphatic rings. The van der Waals surface area contributed by atoms with E-state index < -0.39 is 18.2 Å². The quantitative estimate of drug-likeness (QED) is 0.805. The van der Waals surface area contributed by atoms with Gasteiger partial charge in [-0.15, -0.1) is 0 Å². The van der Waals surface area contributed by atoms with Crippen LogP contribution in [-0.4, -0.2) is 30.1 Å². The molecule has 2 rings (SSSR count). The molecule has 22 heavy (non-hydrogen) atoms. The number of ether oxygens (including phenoxy) is 2. The second kappa shape index (κ2) is 7.20. The van der Waals surface area contributed by atoms with Crippen molar-refractivity contribution >= 4 is 35.1 Å². The molecule has 1 fully saturated rings. The first kappa shape index (κ1) is 16.9. The van der Waals surface area contributed by atoms with Crippen LogP contribution in [0.5, 0.6) is 5.75 Å². The van der Waals surface area contributed by atoms with Crippen molar-refractivity contribution in [3.8, 4) is 5.75 Å². The van der Waals surface area contributed by atoms with Gasteiger partial charge in [-0.05, 0) is 44.9 Å². The summed E-state index contributed by atoms with van der Waals surface area (Å²) in [7, 11) is 0. The first-order valence-corrected chi connectivity index (χ1v) is 7.75. The number of rotatable bonds is 6. The van der Waals surface area contributed by atoms with Crippen LogP contribution in [-0.2, 0) is 14.3 Å². The van der Waals surface area contributed by atoms with Crippen LogP contribution >= 0.6 is 23.2 Å². The highest BCUT2D eigenvalue weighted by Crippen LogP contribution is 2.28. The standard InChI is InChI=1S/C15H17Cl2NO4/c1-8(14(19)18-11-4-5-11)22-15(20)9(2)21-13-6-3-10(16)7-12(13)17/h3,6-9,11H,4-5H2,1-2H3,(H,18,19)/t8-,9+/m0/s1. The van der Waals surface area contributed by atoms with E-state index in [-0.39, 0.29) is 11.9 Å². The molecular formula is C15H17Cl2NO4. The number of nitrogens with one attached hydrogen (secondary N) is 1. The summed E-state index contributed by atoms with van der Waals surface area (Å²) < 4.78 is 10.5. The summed E-state index contributed by atoms with van der Waals surface area (Å²) in [4.78, 5) is 23.7. The van der Waals surface area contributed by atoms with Crippen LogP contribution in [0.4, 0.5) is 0 Å². The summed E-state index contributed by atoms with van der Waals surface area (Å²) in [6.45, 7) is 3.05. The van der Waals surface area contributed by atoms with Gasteiger partial charge in [0.15, 0.2) is 12.2 Å². The highest BCUT2D eigenvalue weighted by Gasteiger charge is 2.28. The molecule has 1 aromatic rings. The molecule has 1 aliphatic carbocycles. The van der Waals surface area contributed by atoms with Crippen molar-refractivity contribution < 1.29 is 19.1 Å². The second-order valence-electron chi connectivity index (χ2n) is 5.20. The van der Waals surface area contributed by atoms with Crippen molar-refractivity contribution in [2.45, 2.75) is 44.9 Å². The van der Waals surface area contributed by atoms with E-state index in [2.05, 4.69) is 5.32 Å². The zero-order valence-electron chi connectivity index (χ0n) is 12.3. The van der Waals surface area contributed by atoms with Gasteiger partial charge in [0.1, 0.15) is 5.75 Å². The van der Waals surface area contributed by atoms with E-state index >= 15 is 0 Å². The second-order valence-corrected chi connectivity index (χ2v) is 6.04. The van der Waals surface area contributed by atoms with Gasteiger partial charge in [-0.3, -0.25) is 4.79 Å². The minimum Gasteiger partial charge on any atom is -0.477 e. The molecule has 1 amide bonds. The molecule has 2 atom stereocenters. The van der Waals surface area contributed by atoms with E-state index in [9.17, 15) is 9.59 Å². The Morgan fingerprint density at radius 2 is 1.91 bits per heavy atom. The number of hydrogen-bond acceptors (Lipinski definition) is 4. The van der Waals surface area contributed by atoms with Gasteiger partial charge in [0, 0.05) is 11.1 Å². The molecule has 0 unspecified atom stereocenters. The van der Waals surface area contributed by atoms with Gasteiger partial charge < -0.3 is 14.8 Å². The lowest BCUT2D eigenvalue weighted by molar-refractivity contribution is -0.160. The summed E-state index contributed by atoms with van der Waals surface area (Å²) in [5.74, 6) is -0.609. The van der Waals surface area contributed by atoms with E-state index in [1.807, 2.05) is 0 Å². The lowest BCUT2D eigenvalue weighted by atomic mass is 10.3. The molecule has 7 heteroatoms. The van der Waals surface area contributed by atoms with Crippen LogP contribution in [0, 0.1) is 0 Å². The maximum atomic E-state index is 11.9. The SMILES string of the molecule is C[C@H](OC(=O)[C@@H](C)Oc1ccc(Cl)cc1Cl)C(=O)NC1CC1. The minimum absolute atomic E-state index is 0.218. The number of esters is 1. The molecule has 0 radical (unpaired) electrons. The third kappa shape index (κ3) is 4.78. The summed E-state index contributed by atoms with van der Waals surface area (Å²) in [5, 5.41) is 3.54. The van der Waals surface area contributed by atoms with Crippen LogP contribution < -0.4 is 10.1 Å². The predicted molar refractivity (Wildman–Crippen MR) is 83.3 cm³/mol. The fourth-order valence-electron chi connectivity index (χ4n) is 1.68. The highest BCUT2D eigenvalue weighted by molar-refractivity contribution is 6.35. The Labute approximate surface area is 138 Å². The molecule has 1 N–H and O–H groups in total. The van der Waals surface area contributed by atoms with Crippen LogP contribution in [0.15, 0.2) is 18.2 Å². The van der Waals surface area contributed by atoms with Gasteiger partial charge in [0.05, 0.1) is 5.02 Å². The van der Waals surface area contributed by atoms with Crippen molar-refractivity contribution in [3.63, 3.8) is 0 Å². The molecule has 120 valence electrons. The molecular weight excluding hydrogens is 329 g/mol. The number of halogens is 2. The Kier molecular flexibility index (Phi) is 5.53. The lowest BCUT2D eigenvalue weighted by Crippen LogP contribution is -2.39. The number of hydrogen-bond donors (Lipinski definition) is 1. The summed E-state index contributed by atoms with van der Waals surface area (Å²) in [6.07, 6.45) is 0.191.